The van der Waals surface area contributed by atoms with Crippen molar-refractivity contribution in [2.24, 2.45) is 11.8 Å². The largest absolute Gasteiger partial charge is 0.494 e. The third-order valence-corrected chi connectivity index (χ3v) is 12.1. The number of para-hydroxylation sites is 1. The van der Waals surface area contributed by atoms with E-state index in [4.69, 9.17) is 16.3 Å². The second-order valence-corrected chi connectivity index (χ2v) is 15.0. The van der Waals surface area contributed by atoms with E-state index in [2.05, 4.69) is 0 Å². The SMILES string of the molecule is CCOc1ccc(N2CC=C[C@@]3(C)S[C@]45C=CCN(c6ccccc6Cl)C(=O)C4N([C@@H](CO)Cc4ccccc4)C(=O)[C@@H]5[C@H]3C2=O)cc1. The standard InChI is InChI=1S/C38H38ClN3O5S/c1-3-47-28-17-15-26(16-18-28)40-21-9-19-37(2)31(34(40)44)32-35(45)42(27(24-43)23-25-11-5-4-6-12-25)33-36(46)41(22-10-20-38(32,33)48-37)30-14-8-7-13-29(30)39/h4-20,27,31-33,43H,3,21-24H2,1-2H3/t27-,31+,32+,33?,37-,38+/m1/s1. The Morgan fingerprint density at radius 1 is 0.875 bits per heavy atom. The first-order valence-electron chi connectivity index (χ1n) is 16.3. The fraction of sp³-hybridized carbons (Fsp3) is 0.342. The number of hydrogen-bond donors (Lipinski definition) is 1. The van der Waals surface area contributed by atoms with Crippen LogP contribution in [0.2, 0.25) is 5.02 Å². The number of thioether (sulfide) groups is 1. The zero-order valence-corrected chi connectivity index (χ0v) is 28.4. The van der Waals surface area contributed by atoms with Crippen molar-refractivity contribution < 1.29 is 24.2 Å². The molecular weight excluding hydrogens is 646 g/mol. The lowest BCUT2D eigenvalue weighted by Gasteiger charge is -2.40. The van der Waals surface area contributed by atoms with E-state index in [1.165, 1.54) is 11.8 Å². The number of aliphatic hydroxyl groups is 1. The molecule has 4 aliphatic rings. The van der Waals surface area contributed by atoms with E-state index in [1.807, 2.05) is 105 Å². The van der Waals surface area contributed by atoms with E-state index in [0.29, 0.717) is 41.7 Å². The lowest BCUT2D eigenvalue weighted by atomic mass is 9.74. The quantitative estimate of drug-likeness (QED) is 0.314. The second-order valence-electron chi connectivity index (χ2n) is 12.8. The number of rotatable bonds is 8. The zero-order valence-electron chi connectivity index (χ0n) is 26.9. The van der Waals surface area contributed by atoms with Gasteiger partial charge in [0, 0.05) is 23.5 Å². The molecule has 7 rings (SSSR count). The van der Waals surface area contributed by atoms with Crippen molar-refractivity contribution in [3.63, 3.8) is 0 Å². The van der Waals surface area contributed by atoms with E-state index < -0.39 is 33.4 Å². The highest BCUT2D eigenvalue weighted by atomic mass is 35.5. The van der Waals surface area contributed by atoms with Crippen LogP contribution in [0.25, 0.3) is 0 Å². The number of halogens is 1. The van der Waals surface area contributed by atoms with Gasteiger partial charge in [0.2, 0.25) is 11.8 Å². The molecule has 0 aromatic heterocycles. The Labute approximate surface area is 290 Å². The normalized spacial score (nSPS) is 28.5. The third-order valence-electron chi connectivity index (χ3n) is 10.0. The molecule has 3 aromatic rings. The summed E-state index contributed by atoms with van der Waals surface area (Å²) in [5, 5.41) is 11.3. The average molecular weight is 684 g/mol. The Morgan fingerprint density at radius 2 is 1.56 bits per heavy atom. The first kappa shape index (κ1) is 32.5. The summed E-state index contributed by atoms with van der Waals surface area (Å²) in [7, 11) is 0. The van der Waals surface area contributed by atoms with Gasteiger partial charge in [-0.15, -0.1) is 11.8 Å². The molecule has 0 saturated carbocycles. The highest BCUT2D eigenvalue weighted by molar-refractivity contribution is 8.02. The molecule has 8 nitrogen and oxygen atoms in total. The molecule has 1 N–H and O–H groups in total. The summed E-state index contributed by atoms with van der Waals surface area (Å²) >= 11 is 8.16. The molecule has 248 valence electrons. The minimum absolute atomic E-state index is 0.174. The number of likely N-dealkylation sites (tertiary alicyclic amines) is 1. The lowest BCUT2D eigenvalue weighted by Crippen LogP contribution is -2.57. The summed E-state index contributed by atoms with van der Waals surface area (Å²) in [6, 6.07) is 22.5. The number of nitrogens with zero attached hydrogens (tertiary/aromatic N) is 3. The molecule has 4 heterocycles. The molecule has 1 spiro atoms. The van der Waals surface area contributed by atoms with Crippen LogP contribution in [0.15, 0.2) is 103 Å². The van der Waals surface area contributed by atoms with Gasteiger partial charge < -0.3 is 24.5 Å². The number of benzene rings is 3. The van der Waals surface area contributed by atoms with Crippen LogP contribution in [-0.2, 0) is 20.8 Å². The molecule has 0 bridgehead atoms. The van der Waals surface area contributed by atoms with Crippen LogP contribution in [-0.4, -0.2) is 75.6 Å². The summed E-state index contributed by atoms with van der Waals surface area (Å²) < 4.78 is 3.78. The van der Waals surface area contributed by atoms with Gasteiger partial charge in [-0.25, -0.2) is 0 Å². The molecular formula is C38H38ClN3O5S. The van der Waals surface area contributed by atoms with Gasteiger partial charge in [0.15, 0.2) is 0 Å². The van der Waals surface area contributed by atoms with Crippen molar-refractivity contribution in [2.75, 3.05) is 36.1 Å². The van der Waals surface area contributed by atoms with E-state index in [9.17, 15) is 14.7 Å². The average Bonchev–Trinajstić information content (AvgIpc) is 3.36. The predicted molar refractivity (Wildman–Crippen MR) is 189 cm³/mol. The molecule has 2 fully saturated rings. The first-order valence-corrected chi connectivity index (χ1v) is 17.5. The Morgan fingerprint density at radius 3 is 2.27 bits per heavy atom. The highest BCUT2D eigenvalue weighted by Gasteiger charge is 2.74. The molecule has 10 heteroatoms. The molecule has 3 aromatic carbocycles. The predicted octanol–water partition coefficient (Wildman–Crippen LogP) is 5.54. The Hall–Kier alpha value is -4.05. The van der Waals surface area contributed by atoms with E-state index in [-0.39, 0.29) is 30.9 Å². The van der Waals surface area contributed by atoms with E-state index in [0.717, 1.165) is 5.56 Å². The van der Waals surface area contributed by atoms with Gasteiger partial charge in [0.25, 0.3) is 5.91 Å². The van der Waals surface area contributed by atoms with Crippen molar-refractivity contribution in [1.29, 1.82) is 0 Å². The molecule has 2 saturated heterocycles. The maximum Gasteiger partial charge on any atom is 0.251 e. The summed E-state index contributed by atoms with van der Waals surface area (Å²) in [4.78, 5) is 49.8. The fourth-order valence-electron chi connectivity index (χ4n) is 8.00. The number of anilines is 2. The smallest absolute Gasteiger partial charge is 0.251 e. The van der Waals surface area contributed by atoms with Crippen LogP contribution in [0.5, 0.6) is 5.75 Å². The minimum Gasteiger partial charge on any atom is -0.494 e. The highest BCUT2D eigenvalue weighted by Crippen LogP contribution is 2.66. The van der Waals surface area contributed by atoms with Gasteiger partial charge in [-0.3, -0.25) is 14.4 Å². The first-order chi connectivity index (χ1) is 23.2. The molecule has 48 heavy (non-hydrogen) atoms. The third kappa shape index (κ3) is 5.23. The van der Waals surface area contributed by atoms with Crippen LogP contribution in [0.4, 0.5) is 11.4 Å². The number of hydrogen-bond acceptors (Lipinski definition) is 6. The van der Waals surface area contributed by atoms with Gasteiger partial charge in [-0.1, -0.05) is 78.4 Å². The van der Waals surface area contributed by atoms with Gasteiger partial charge in [-0.2, -0.15) is 0 Å². The fourth-order valence-corrected chi connectivity index (χ4v) is 10.4. The molecule has 1 unspecified atom stereocenters. The van der Waals surface area contributed by atoms with Gasteiger partial charge in [0.1, 0.15) is 11.8 Å². The van der Waals surface area contributed by atoms with Crippen LogP contribution in [0.1, 0.15) is 19.4 Å². The van der Waals surface area contributed by atoms with Gasteiger partial charge in [0.05, 0.1) is 46.5 Å². The topological polar surface area (TPSA) is 90.4 Å². The molecule has 0 radical (unpaired) electrons. The minimum atomic E-state index is -1.07. The number of amides is 3. The van der Waals surface area contributed by atoms with Gasteiger partial charge in [-0.05, 0) is 62.2 Å². The van der Waals surface area contributed by atoms with Crippen molar-refractivity contribution in [3.8, 4) is 5.75 Å². The number of carbonyl (C=O) groups excluding carboxylic acids is 3. The van der Waals surface area contributed by atoms with Crippen molar-refractivity contribution in [1.82, 2.24) is 4.90 Å². The number of fused-ring (bicyclic) bond motifs is 2. The van der Waals surface area contributed by atoms with Crippen molar-refractivity contribution >= 4 is 52.5 Å². The summed E-state index contributed by atoms with van der Waals surface area (Å²) in [6.07, 6.45) is 8.29. The van der Waals surface area contributed by atoms with Gasteiger partial charge >= 0.3 is 0 Å². The molecule has 3 amide bonds. The molecule has 0 aliphatic carbocycles. The second kappa shape index (κ2) is 12.8. The zero-order chi connectivity index (χ0) is 33.6. The molecule has 4 aliphatic heterocycles. The Balaban J connectivity index is 1.35. The van der Waals surface area contributed by atoms with Crippen molar-refractivity contribution in [3.05, 3.63) is 114 Å². The van der Waals surface area contributed by atoms with Crippen LogP contribution in [0, 0.1) is 11.8 Å². The maximum absolute atomic E-state index is 15.1. The monoisotopic (exact) mass is 683 g/mol. The van der Waals surface area contributed by atoms with E-state index in [1.54, 1.807) is 26.8 Å². The molecule has 6 atom stereocenters. The van der Waals surface area contributed by atoms with Crippen molar-refractivity contribution in [2.45, 2.75) is 41.8 Å². The number of ether oxygens (including phenoxy) is 1. The maximum atomic E-state index is 15.1. The van der Waals surface area contributed by atoms with Crippen LogP contribution >= 0.6 is 23.4 Å². The van der Waals surface area contributed by atoms with Crippen LogP contribution < -0.4 is 14.5 Å². The summed E-state index contributed by atoms with van der Waals surface area (Å²) in [6.45, 7) is 4.71. The Bertz CT molecular complexity index is 1780. The van der Waals surface area contributed by atoms with E-state index >= 15 is 4.79 Å². The number of carbonyl (C=O) groups is 3. The lowest BCUT2D eigenvalue weighted by molar-refractivity contribution is -0.142. The van der Waals surface area contributed by atoms with Crippen LogP contribution in [0.3, 0.4) is 0 Å². The number of aliphatic hydroxyl groups excluding tert-OH is 1. The summed E-state index contributed by atoms with van der Waals surface area (Å²) in [5.74, 6) is -1.68. The Kier molecular flexibility index (Phi) is 8.64. The summed E-state index contributed by atoms with van der Waals surface area (Å²) in [5.41, 5.74) is 2.19.